The maximum atomic E-state index is 12.8. The van der Waals surface area contributed by atoms with Gasteiger partial charge in [-0.1, -0.05) is 112 Å². The SMILES string of the molecule is Cc1ccc(S(=O)(=O)OCC2(CCC(O)C(C)(O)CCCC(C)CO[Si](c3ccccc3)(c3ccccc3)C(C)(C)C)OCCO2)cc1. The van der Waals surface area contributed by atoms with Crippen molar-refractivity contribution in [3.8, 4) is 0 Å². The normalized spacial score (nSPS) is 17.9. The molecule has 1 aliphatic heterocycles. The van der Waals surface area contributed by atoms with Gasteiger partial charge in [-0.3, -0.25) is 4.18 Å². The molecule has 0 saturated carbocycles. The van der Waals surface area contributed by atoms with Gasteiger partial charge in [0.2, 0.25) is 0 Å². The van der Waals surface area contributed by atoms with Gasteiger partial charge in [0.05, 0.1) is 29.8 Å². The minimum absolute atomic E-state index is 0.0513. The molecule has 0 amide bonds. The van der Waals surface area contributed by atoms with Crippen LogP contribution < -0.4 is 10.4 Å². The Labute approximate surface area is 288 Å². The van der Waals surface area contributed by atoms with E-state index in [4.69, 9.17) is 18.1 Å². The van der Waals surface area contributed by atoms with Crippen molar-refractivity contribution in [3.63, 3.8) is 0 Å². The van der Waals surface area contributed by atoms with Crippen molar-refractivity contribution < 1.29 is 36.7 Å². The predicted molar refractivity (Wildman–Crippen MR) is 191 cm³/mol. The molecular weight excluding hydrogens is 645 g/mol. The number of aliphatic hydroxyl groups excluding tert-OH is 1. The van der Waals surface area contributed by atoms with Gasteiger partial charge in [0.25, 0.3) is 18.4 Å². The van der Waals surface area contributed by atoms with Gasteiger partial charge < -0.3 is 24.1 Å². The van der Waals surface area contributed by atoms with Crippen LogP contribution in [0.4, 0.5) is 0 Å². The standard InChI is InChI=1S/C38H54O8SSi/c1-30-19-21-32(22-20-30)47(41,42)45-29-38(43-26-27-44-38)25-23-35(39)37(6,40)24-13-14-31(2)28-46-48(36(3,4)5,33-15-9-7-10-16-33)34-17-11-8-12-18-34/h7-12,15-22,31,35,39-40H,13-14,23-29H2,1-6H3. The molecular formula is C38H54O8SSi. The summed E-state index contributed by atoms with van der Waals surface area (Å²) in [4.78, 5) is 0.0513. The smallest absolute Gasteiger partial charge is 0.297 e. The van der Waals surface area contributed by atoms with Crippen molar-refractivity contribution in [1.82, 2.24) is 0 Å². The van der Waals surface area contributed by atoms with Crippen LogP contribution in [0.25, 0.3) is 0 Å². The molecule has 3 aromatic rings. The first-order valence-electron chi connectivity index (χ1n) is 17.0. The van der Waals surface area contributed by atoms with Crippen LogP contribution in [0.3, 0.4) is 0 Å². The number of hydrogen-bond acceptors (Lipinski definition) is 8. The lowest BCUT2D eigenvalue weighted by Crippen LogP contribution is -2.66. The zero-order valence-electron chi connectivity index (χ0n) is 29.4. The quantitative estimate of drug-likeness (QED) is 0.136. The molecule has 3 atom stereocenters. The van der Waals surface area contributed by atoms with Crippen molar-refractivity contribution in [1.29, 1.82) is 0 Å². The number of hydrogen-bond donors (Lipinski definition) is 2. The van der Waals surface area contributed by atoms with Gasteiger partial charge in [-0.2, -0.15) is 8.42 Å². The number of ether oxygens (including phenoxy) is 2. The summed E-state index contributed by atoms with van der Waals surface area (Å²) in [6.45, 7) is 13.3. The first-order valence-corrected chi connectivity index (χ1v) is 20.3. The lowest BCUT2D eigenvalue weighted by Gasteiger charge is -2.43. The molecule has 0 spiro atoms. The molecule has 1 aliphatic rings. The Morgan fingerprint density at radius 2 is 1.42 bits per heavy atom. The van der Waals surface area contributed by atoms with Gasteiger partial charge in [0, 0.05) is 13.0 Å². The van der Waals surface area contributed by atoms with Gasteiger partial charge in [-0.25, -0.2) is 0 Å². The van der Waals surface area contributed by atoms with E-state index < -0.39 is 35.9 Å². The van der Waals surface area contributed by atoms with E-state index in [1.165, 1.54) is 22.5 Å². The van der Waals surface area contributed by atoms with Crippen molar-refractivity contribution >= 4 is 28.8 Å². The number of aryl methyl sites for hydroxylation is 1. The fourth-order valence-electron chi connectivity index (χ4n) is 6.49. The third kappa shape index (κ3) is 9.42. The van der Waals surface area contributed by atoms with E-state index in [0.29, 0.717) is 19.4 Å². The van der Waals surface area contributed by atoms with Gasteiger partial charge in [0.1, 0.15) is 6.61 Å². The summed E-state index contributed by atoms with van der Waals surface area (Å²) in [5, 5.41) is 24.7. The third-order valence-corrected chi connectivity index (χ3v) is 15.7. The lowest BCUT2D eigenvalue weighted by atomic mass is 9.87. The molecule has 10 heteroatoms. The maximum absolute atomic E-state index is 12.8. The molecule has 264 valence electrons. The molecule has 0 radical (unpaired) electrons. The summed E-state index contributed by atoms with van der Waals surface area (Å²) in [5.41, 5.74) is -0.417. The molecule has 48 heavy (non-hydrogen) atoms. The molecule has 2 N–H and O–H groups in total. The fourth-order valence-corrected chi connectivity index (χ4v) is 12.1. The lowest BCUT2D eigenvalue weighted by molar-refractivity contribution is -0.189. The van der Waals surface area contributed by atoms with E-state index in [1.54, 1.807) is 19.1 Å². The van der Waals surface area contributed by atoms with Crippen molar-refractivity contribution in [2.45, 2.75) is 101 Å². The van der Waals surface area contributed by atoms with Crippen LogP contribution in [-0.4, -0.2) is 70.9 Å². The molecule has 4 rings (SSSR count). The Morgan fingerprint density at radius 3 is 1.94 bits per heavy atom. The summed E-state index contributed by atoms with van der Waals surface area (Å²) in [7, 11) is -6.66. The zero-order valence-corrected chi connectivity index (χ0v) is 31.2. The van der Waals surface area contributed by atoms with E-state index in [2.05, 4.69) is 76.2 Å². The second-order valence-corrected chi connectivity index (χ2v) is 20.4. The predicted octanol–water partition coefficient (Wildman–Crippen LogP) is 5.72. The number of rotatable bonds is 17. The molecule has 0 bridgehead atoms. The molecule has 8 nitrogen and oxygen atoms in total. The highest BCUT2D eigenvalue weighted by Gasteiger charge is 2.50. The maximum Gasteiger partial charge on any atom is 0.297 e. The van der Waals surface area contributed by atoms with Crippen LogP contribution in [0.5, 0.6) is 0 Å². The average Bonchev–Trinajstić information content (AvgIpc) is 3.53. The summed E-state index contributed by atoms with van der Waals surface area (Å²) in [6.07, 6.45) is 1.15. The minimum atomic E-state index is -4.02. The monoisotopic (exact) mass is 698 g/mol. The molecule has 3 aromatic carbocycles. The van der Waals surface area contributed by atoms with Gasteiger partial charge in [-0.05, 0) is 66.6 Å². The number of benzene rings is 3. The van der Waals surface area contributed by atoms with Crippen LogP contribution in [0.2, 0.25) is 5.04 Å². The van der Waals surface area contributed by atoms with E-state index >= 15 is 0 Å². The Balaban J connectivity index is 1.32. The van der Waals surface area contributed by atoms with Crippen LogP contribution in [-0.2, 0) is 28.2 Å². The molecule has 0 aliphatic carbocycles. The van der Waals surface area contributed by atoms with Crippen molar-refractivity contribution in [3.05, 3.63) is 90.5 Å². The number of aliphatic hydroxyl groups is 2. The summed E-state index contributed by atoms with van der Waals surface area (Å²) in [6, 6.07) is 27.6. The second-order valence-electron chi connectivity index (χ2n) is 14.5. The van der Waals surface area contributed by atoms with E-state index in [0.717, 1.165) is 12.0 Å². The van der Waals surface area contributed by atoms with E-state index in [-0.39, 0.29) is 48.5 Å². The van der Waals surface area contributed by atoms with E-state index in [9.17, 15) is 18.6 Å². The topological polar surface area (TPSA) is 112 Å². The molecule has 0 aromatic heterocycles. The van der Waals surface area contributed by atoms with Gasteiger partial charge in [0.15, 0.2) is 5.79 Å². The van der Waals surface area contributed by atoms with Gasteiger partial charge in [-0.15, -0.1) is 0 Å². The Bertz CT molecular complexity index is 1480. The van der Waals surface area contributed by atoms with Crippen molar-refractivity contribution in [2.75, 3.05) is 26.4 Å². The molecule has 1 saturated heterocycles. The highest BCUT2D eigenvalue weighted by molar-refractivity contribution is 7.86. The highest BCUT2D eigenvalue weighted by Crippen LogP contribution is 2.37. The summed E-state index contributed by atoms with van der Waals surface area (Å²) < 4.78 is 49.6. The van der Waals surface area contributed by atoms with E-state index in [1.807, 2.05) is 19.1 Å². The Hall–Kier alpha value is -2.41. The molecule has 1 heterocycles. The average molecular weight is 699 g/mol. The minimum Gasteiger partial charge on any atom is -0.407 e. The van der Waals surface area contributed by atoms with Crippen LogP contribution in [0.15, 0.2) is 89.8 Å². The van der Waals surface area contributed by atoms with Gasteiger partial charge >= 0.3 is 0 Å². The first kappa shape index (κ1) is 38.4. The second kappa shape index (κ2) is 16.1. The van der Waals surface area contributed by atoms with Crippen molar-refractivity contribution in [2.24, 2.45) is 5.92 Å². The molecule has 1 fully saturated rings. The zero-order chi connectivity index (χ0) is 35.1. The van der Waals surface area contributed by atoms with Crippen LogP contribution in [0, 0.1) is 12.8 Å². The Morgan fingerprint density at radius 1 is 0.875 bits per heavy atom. The summed E-state index contributed by atoms with van der Waals surface area (Å²) in [5.74, 6) is -1.09. The van der Waals surface area contributed by atoms with Crippen LogP contribution in [0.1, 0.15) is 72.3 Å². The fraction of sp³-hybridized carbons (Fsp3) is 0.526. The van der Waals surface area contributed by atoms with Crippen LogP contribution >= 0.6 is 0 Å². The Kier molecular flexibility index (Phi) is 12.9. The summed E-state index contributed by atoms with van der Waals surface area (Å²) >= 11 is 0. The molecule has 3 unspecified atom stereocenters. The third-order valence-electron chi connectivity index (χ3n) is 9.45. The highest BCUT2D eigenvalue weighted by atomic mass is 32.2. The first-order chi connectivity index (χ1) is 22.6. The largest absolute Gasteiger partial charge is 0.407 e.